The monoisotopic (exact) mass is 549 g/mol. The number of anilines is 1. The van der Waals surface area contributed by atoms with Crippen LogP contribution in [0.4, 0.5) is 5.69 Å². The molecule has 7 nitrogen and oxygen atoms in total. The highest BCUT2D eigenvalue weighted by Crippen LogP contribution is 2.57. The van der Waals surface area contributed by atoms with Gasteiger partial charge in [-0.15, -0.1) is 0 Å². The minimum atomic E-state index is -2.10. The number of nitrogens with zero attached hydrogens (tertiary/aromatic N) is 1. The maximum Gasteiger partial charge on any atom is 0.241 e. The fraction of sp³-hybridized carbons (Fsp3) is 0.125. The van der Waals surface area contributed by atoms with E-state index in [0.717, 1.165) is 4.90 Å². The Morgan fingerprint density at radius 2 is 1.23 bits per heavy atom. The van der Waals surface area contributed by atoms with Crippen LogP contribution in [-0.4, -0.2) is 29.0 Å². The molecule has 4 aromatic rings. The summed E-state index contributed by atoms with van der Waals surface area (Å²) in [6.07, 6.45) is -0.956. The highest BCUT2D eigenvalue weighted by molar-refractivity contribution is 6.37. The molecule has 7 rings (SSSR count). The summed E-state index contributed by atoms with van der Waals surface area (Å²) in [5, 5.41) is 0.581. The van der Waals surface area contributed by atoms with Crippen LogP contribution in [0.15, 0.2) is 103 Å². The van der Waals surface area contributed by atoms with Crippen LogP contribution in [-0.2, 0) is 14.3 Å². The Morgan fingerprint density at radius 3 is 1.82 bits per heavy atom. The Hall–Kier alpha value is -4.59. The normalized spacial score (nSPS) is 22.6. The van der Waals surface area contributed by atoms with E-state index in [0.29, 0.717) is 27.8 Å². The fourth-order valence-electron chi connectivity index (χ4n) is 6.02. The molecule has 1 aliphatic carbocycles. The Bertz CT molecular complexity index is 1660. The molecule has 3 atom stereocenters. The number of imide groups is 1. The first-order chi connectivity index (χ1) is 19.4. The van der Waals surface area contributed by atoms with Crippen LogP contribution < -0.4 is 9.64 Å². The van der Waals surface area contributed by atoms with E-state index in [4.69, 9.17) is 21.1 Å². The third-order valence-electron chi connectivity index (χ3n) is 7.79. The number of amides is 2. The number of carbonyl (C=O) groups excluding carboxylic acids is 4. The molecular formula is C32H20ClNO6. The minimum Gasteiger partial charge on any atom is -0.457 e. The van der Waals surface area contributed by atoms with Gasteiger partial charge in [0.2, 0.25) is 29.0 Å². The number of hydrogen-bond acceptors (Lipinski definition) is 6. The second-order valence-electron chi connectivity index (χ2n) is 9.95. The molecule has 1 spiro atoms. The van der Waals surface area contributed by atoms with Crippen molar-refractivity contribution in [1.82, 2.24) is 0 Å². The van der Waals surface area contributed by atoms with Gasteiger partial charge < -0.3 is 9.47 Å². The minimum absolute atomic E-state index is 0.197. The molecule has 8 heteroatoms. The first-order valence-corrected chi connectivity index (χ1v) is 13.1. The maximum atomic E-state index is 14.1. The maximum absolute atomic E-state index is 14.1. The second kappa shape index (κ2) is 8.98. The Kier molecular flexibility index (Phi) is 5.49. The fourth-order valence-corrected chi connectivity index (χ4v) is 6.14. The molecule has 0 radical (unpaired) electrons. The number of ether oxygens (including phenoxy) is 2. The summed E-state index contributed by atoms with van der Waals surface area (Å²) in [4.78, 5) is 56.8. The molecule has 4 aromatic carbocycles. The van der Waals surface area contributed by atoms with Crippen LogP contribution in [0.1, 0.15) is 32.4 Å². The zero-order valence-electron chi connectivity index (χ0n) is 20.8. The third-order valence-corrected chi connectivity index (χ3v) is 8.04. The molecule has 2 heterocycles. The van der Waals surface area contributed by atoms with Gasteiger partial charge in [-0.05, 0) is 54.1 Å². The number of hydrogen-bond donors (Lipinski definition) is 0. The predicted octanol–water partition coefficient (Wildman–Crippen LogP) is 5.83. The van der Waals surface area contributed by atoms with Crippen molar-refractivity contribution in [3.8, 4) is 11.5 Å². The van der Waals surface area contributed by atoms with Gasteiger partial charge in [0.25, 0.3) is 0 Å². The van der Waals surface area contributed by atoms with Crippen molar-refractivity contribution in [2.45, 2.75) is 11.7 Å². The number of halogens is 1. The zero-order chi connectivity index (χ0) is 27.6. The average Bonchev–Trinajstić information content (AvgIpc) is 3.55. The summed E-state index contributed by atoms with van der Waals surface area (Å²) < 4.78 is 12.1. The molecule has 0 saturated carbocycles. The molecule has 0 aromatic heterocycles. The van der Waals surface area contributed by atoms with Crippen molar-refractivity contribution < 1.29 is 28.7 Å². The van der Waals surface area contributed by atoms with Crippen LogP contribution >= 0.6 is 11.6 Å². The number of Topliss-reactive ketones (excluding diaryl/α,β-unsaturated/α-hetero) is 2. The third kappa shape index (κ3) is 3.41. The lowest BCUT2D eigenvalue weighted by Crippen LogP contribution is -2.51. The van der Waals surface area contributed by atoms with Gasteiger partial charge in [-0.1, -0.05) is 66.2 Å². The van der Waals surface area contributed by atoms with E-state index < -0.39 is 46.9 Å². The van der Waals surface area contributed by atoms with Crippen molar-refractivity contribution in [2.75, 3.05) is 4.90 Å². The van der Waals surface area contributed by atoms with E-state index >= 15 is 0 Å². The number of rotatable bonds is 4. The summed E-state index contributed by atoms with van der Waals surface area (Å²) in [5.74, 6) is -3.64. The molecule has 0 N–H and O–H groups in total. The number of ketones is 2. The summed E-state index contributed by atoms with van der Waals surface area (Å²) in [5.41, 5.74) is -0.788. The topological polar surface area (TPSA) is 90.0 Å². The summed E-state index contributed by atoms with van der Waals surface area (Å²) in [6, 6.07) is 28.7. The van der Waals surface area contributed by atoms with Crippen LogP contribution in [0.25, 0.3) is 0 Å². The van der Waals surface area contributed by atoms with Gasteiger partial charge in [0.05, 0.1) is 23.6 Å². The first kappa shape index (κ1) is 24.5. The van der Waals surface area contributed by atoms with E-state index in [-0.39, 0.29) is 11.1 Å². The number of carbonyl (C=O) groups is 4. The predicted molar refractivity (Wildman–Crippen MR) is 146 cm³/mol. The van der Waals surface area contributed by atoms with Gasteiger partial charge in [-0.2, -0.15) is 0 Å². The zero-order valence-corrected chi connectivity index (χ0v) is 21.6. The Labute approximate surface area is 233 Å². The largest absolute Gasteiger partial charge is 0.457 e. The van der Waals surface area contributed by atoms with Gasteiger partial charge in [0.15, 0.2) is 0 Å². The SMILES string of the molecule is O=C1[C@@H]2[C@H](c3ccccc3)OC3(C(=O)c4ccccc4C3=O)[C@H]2C(=O)N1c1ccc(Oc2ccc(Cl)cc2)cc1. The lowest BCUT2D eigenvalue weighted by atomic mass is 9.77. The van der Waals surface area contributed by atoms with Crippen molar-refractivity contribution >= 4 is 40.7 Å². The van der Waals surface area contributed by atoms with Gasteiger partial charge in [0, 0.05) is 16.1 Å². The van der Waals surface area contributed by atoms with Gasteiger partial charge in [-0.3, -0.25) is 19.2 Å². The van der Waals surface area contributed by atoms with Gasteiger partial charge in [0.1, 0.15) is 11.5 Å². The van der Waals surface area contributed by atoms with Crippen LogP contribution in [0.5, 0.6) is 11.5 Å². The average molecular weight is 550 g/mol. The molecule has 196 valence electrons. The molecule has 2 aliphatic heterocycles. The lowest BCUT2D eigenvalue weighted by molar-refractivity contribution is -0.127. The van der Waals surface area contributed by atoms with E-state index in [1.165, 1.54) is 0 Å². The van der Waals surface area contributed by atoms with Crippen molar-refractivity contribution in [3.05, 3.63) is 125 Å². The molecule has 2 amide bonds. The smallest absolute Gasteiger partial charge is 0.241 e. The first-order valence-electron chi connectivity index (χ1n) is 12.7. The molecule has 40 heavy (non-hydrogen) atoms. The molecule has 0 unspecified atom stereocenters. The summed E-state index contributed by atoms with van der Waals surface area (Å²) in [7, 11) is 0. The van der Waals surface area contributed by atoms with E-state index in [1.807, 2.05) is 6.07 Å². The summed E-state index contributed by atoms with van der Waals surface area (Å²) >= 11 is 5.94. The molecule has 3 aliphatic rings. The van der Waals surface area contributed by atoms with Crippen molar-refractivity contribution in [3.63, 3.8) is 0 Å². The Morgan fingerprint density at radius 1 is 0.675 bits per heavy atom. The summed E-state index contributed by atoms with van der Waals surface area (Å²) in [6.45, 7) is 0. The van der Waals surface area contributed by atoms with E-state index in [2.05, 4.69) is 0 Å². The highest BCUT2D eigenvalue weighted by atomic mass is 35.5. The number of benzene rings is 4. The standard InChI is InChI=1S/C32H20ClNO6/c33-19-10-14-21(15-11-19)39-22-16-12-20(13-17-22)34-30(37)25-26(31(34)38)32(40-27(25)18-6-2-1-3-7-18)28(35)23-8-4-5-9-24(23)29(32)36/h1-17,25-27H/t25-,26+,27-/m0/s1. The van der Waals surface area contributed by atoms with E-state index in [9.17, 15) is 19.2 Å². The molecule has 2 saturated heterocycles. The molecular weight excluding hydrogens is 530 g/mol. The van der Waals surface area contributed by atoms with Crippen molar-refractivity contribution in [2.24, 2.45) is 11.8 Å². The van der Waals surface area contributed by atoms with Crippen LogP contribution in [0.2, 0.25) is 5.02 Å². The molecule has 2 fully saturated rings. The molecule has 0 bridgehead atoms. The van der Waals surface area contributed by atoms with E-state index in [1.54, 1.807) is 97.1 Å². The van der Waals surface area contributed by atoms with Crippen LogP contribution in [0, 0.1) is 11.8 Å². The Balaban J connectivity index is 1.28. The van der Waals surface area contributed by atoms with Crippen LogP contribution in [0.3, 0.4) is 0 Å². The van der Waals surface area contributed by atoms with Gasteiger partial charge in [-0.25, -0.2) is 4.90 Å². The lowest BCUT2D eigenvalue weighted by Gasteiger charge is -2.27. The van der Waals surface area contributed by atoms with Gasteiger partial charge >= 0.3 is 0 Å². The second-order valence-corrected chi connectivity index (χ2v) is 10.4. The highest BCUT2D eigenvalue weighted by Gasteiger charge is 2.74. The number of fused-ring (bicyclic) bond motifs is 3. The van der Waals surface area contributed by atoms with Crippen molar-refractivity contribution in [1.29, 1.82) is 0 Å². The quantitative estimate of drug-likeness (QED) is 0.235.